The number of carbonyl (C=O) groups excluding carboxylic acids is 1. The number of unbranched alkanes of at least 4 members (excludes halogenated alkanes) is 3. The maximum absolute atomic E-state index is 12.0. The second kappa shape index (κ2) is 9.53. The molecule has 0 radical (unpaired) electrons. The summed E-state index contributed by atoms with van der Waals surface area (Å²) in [5.74, 6) is 1.62. The molecule has 4 nitrogen and oxygen atoms in total. The van der Waals surface area contributed by atoms with E-state index in [0.29, 0.717) is 23.5 Å². The summed E-state index contributed by atoms with van der Waals surface area (Å²) in [6.07, 6.45) is 6.74. The van der Waals surface area contributed by atoms with Gasteiger partial charge in [-0.1, -0.05) is 18.9 Å². The molecule has 0 aliphatic heterocycles. The first-order valence-electron chi connectivity index (χ1n) is 6.90. The van der Waals surface area contributed by atoms with Crippen LogP contribution in [0.2, 0.25) is 0 Å². The Morgan fingerprint density at radius 2 is 2.05 bits per heavy atom. The van der Waals surface area contributed by atoms with Crippen LogP contribution in [-0.4, -0.2) is 31.6 Å². The SMILES string of the molecule is COc1cccc(C(=O)NCCCCCCSC)c1N. The first kappa shape index (κ1) is 16.7. The summed E-state index contributed by atoms with van der Waals surface area (Å²) in [5, 5.41) is 2.90. The molecule has 0 fully saturated rings. The molecule has 1 aromatic rings. The van der Waals surface area contributed by atoms with E-state index in [0.717, 1.165) is 12.8 Å². The predicted octanol–water partition coefficient (Wildman–Crippen LogP) is 2.93. The van der Waals surface area contributed by atoms with Crippen LogP contribution in [0.1, 0.15) is 36.0 Å². The van der Waals surface area contributed by atoms with E-state index in [1.54, 1.807) is 25.3 Å². The number of benzene rings is 1. The number of amides is 1. The number of hydrogen-bond acceptors (Lipinski definition) is 4. The molecule has 0 unspecified atom stereocenters. The highest BCUT2D eigenvalue weighted by atomic mass is 32.2. The molecule has 0 atom stereocenters. The van der Waals surface area contributed by atoms with E-state index in [-0.39, 0.29) is 5.91 Å². The molecule has 3 N–H and O–H groups in total. The van der Waals surface area contributed by atoms with Crippen LogP contribution < -0.4 is 15.8 Å². The zero-order valence-corrected chi connectivity index (χ0v) is 13.1. The van der Waals surface area contributed by atoms with E-state index < -0.39 is 0 Å². The average Bonchev–Trinajstić information content (AvgIpc) is 2.46. The molecule has 112 valence electrons. The quantitative estimate of drug-likeness (QED) is 0.543. The third-order valence-corrected chi connectivity index (χ3v) is 3.79. The van der Waals surface area contributed by atoms with Gasteiger partial charge in [-0.05, 0) is 37.0 Å². The fourth-order valence-electron chi connectivity index (χ4n) is 1.94. The average molecular weight is 296 g/mol. The molecular formula is C15H24N2O2S. The molecule has 5 heteroatoms. The van der Waals surface area contributed by atoms with Crippen molar-refractivity contribution in [3.05, 3.63) is 23.8 Å². The lowest BCUT2D eigenvalue weighted by atomic mass is 10.1. The predicted molar refractivity (Wildman–Crippen MR) is 86.6 cm³/mol. The Hall–Kier alpha value is -1.36. The Balaban J connectivity index is 2.33. The van der Waals surface area contributed by atoms with Crippen molar-refractivity contribution in [2.45, 2.75) is 25.7 Å². The van der Waals surface area contributed by atoms with Crippen LogP contribution in [0.3, 0.4) is 0 Å². The van der Waals surface area contributed by atoms with Gasteiger partial charge in [0.15, 0.2) is 0 Å². The summed E-state index contributed by atoms with van der Waals surface area (Å²) in [6, 6.07) is 5.23. The van der Waals surface area contributed by atoms with E-state index >= 15 is 0 Å². The molecule has 1 rings (SSSR count). The second-order valence-corrected chi connectivity index (χ2v) is 5.57. The number of carbonyl (C=O) groups is 1. The molecule has 0 spiro atoms. The van der Waals surface area contributed by atoms with Crippen LogP contribution in [0, 0.1) is 0 Å². The van der Waals surface area contributed by atoms with Gasteiger partial charge in [-0.3, -0.25) is 4.79 Å². The Morgan fingerprint density at radius 1 is 1.30 bits per heavy atom. The van der Waals surface area contributed by atoms with E-state index in [9.17, 15) is 4.79 Å². The van der Waals surface area contributed by atoms with Gasteiger partial charge in [0.1, 0.15) is 5.75 Å². The molecule has 0 aliphatic rings. The zero-order valence-electron chi connectivity index (χ0n) is 12.3. The lowest BCUT2D eigenvalue weighted by Crippen LogP contribution is -2.25. The van der Waals surface area contributed by atoms with Gasteiger partial charge in [-0.15, -0.1) is 0 Å². The summed E-state index contributed by atoms with van der Waals surface area (Å²) in [7, 11) is 1.54. The Labute approximate surface area is 125 Å². The number of nitrogen functional groups attached to an aromatic ring is 1. The van der Waals surface area contributed by atoms with Crippen molar-refractivity contribution in [3.63, 3.8) is 0 Å². The van der Waals surface area contributed by atoms with Crippen molar-refractivity contribution < 1.29 is 9.53 Å². The van der Waals surface area contributed by atoms with Crippen LogP contribution in [-0.2, 0) is 0 Å². The minimum atomic E-state index is -0.134. The minimum Gasteiger partial charge on any atom is -0.495 e. The van der Waals surface area contributed by atoms with Crippen molar-refractivity contribution in [2.24, 2.45) is 0 Å². The number of nitrogens with two attached hydrogens (primary N) is 1. The molecular weight excluding hydrogens is 272 g/mol. The normalized spacial score (nSPS) is 10.3. The van der Waals surface area contributed by atoms with Crippen LogP contribution in [0.5, 0.6) is 5.75 Å². The number of para-hydroxylation sites is 1. The van der Waals surface area contributed by atoms with Crippen molar-refractivity contribution in [3.8, 4) is 5.75 Å². The fourth-order valence-corrected chi connectivity index (χ4v) is 2.43. The third-order valence-electron chi connectivity index (χ3n) is 3.09. The number of rotatable bonds is 9. The van der Waals surface area contributed by atoms with Gasteiger partial charge in [0.05, 0.1) is 18.4 Å². The zero-order chi connectivity index (χ0) is 14.8. The number of hydrogen-bond donors (Lipinski definition) is 2. The molecule has 1 aromatic carbocycles. The van der Waals surface area contributed by atoms with E-state index in [2.05, 4.69) is 11.6 Å². The summed E-state index contributed by atoms with van der Waals surface area (Å²) >= 11 is 1.88. The molecule has 1 amide bonds. The van der Waals surface area contributed by atoms with Gasteiger partial charge in [0.2, 0.25) is 0 Å². The maximum Gasteiger partial charge on any atom is 0.253 e. The smallest absolute Gasteiger partial charge is 0.253 e. The summed E-state index contributed by atoms with van der Waals surface area (Å²) in [5.41, 5.74) is 6.77. The lowest BCUT2D eigenvalue weighted by Gasteiger charge is -2.10. The number of anilines is 1. The number of methoxy groups -OCH3 is 1. The molecule has 0 bridgehead atoms. The highest BCUT2D eigenvalue weighted by Gasteiger charge is 2.12. The van der Waals surface area contributed by atoms with Gasteiger partial charge in [0, 0.05) is 6.54 Å². The largest absolute Gasteiger partial charge is 0.495 e. The molecule has 20 heavy (non-hydrogen) atoms. The summed E-state index contributed by atoms with van der Waals surface area (Å²) < 4.78 is 5.11. The Morgan fingerprint density at radius 3 is 2.75 bits per heavy atom. The van der Waals surface area contributed by atoms with E-state index in [4.69, 9.17) is 10.5 Å². The Bertz CT molecular complexity index is 424. The van der Waals surface area contributed by atoms with Gasteiger partial charge >= 0.3 is 0 Å². The lowest BCUT2D eigenvalue weighted by molar-refractivity contribution is 0.0953. The van der Waals surface area contributed by atoms with E-state index in [1.165, 1.54) is 18.6 Å². The van der Waals surface area contributed by atoms with Gasteiger partial charge in [-0.25, -0.2) is 0 Å². The van der Waals surface area contributed by atoms with Crippen LogP contribution in [0.15, 0.2) is 18.2 Å². The molecule has 0 heterocycles. The topological polar surface area (TPSA) is 64.3 Å². The van der Waals surface area contributed by atoms with Crippen LogP contribution in [0.25, 0.3) is 0 Å². The summed E-state index contributed by atoms with van der Waals surface area (Å²) in [6.45, 7) is 0.689. The Kier molecular flexibility index (Phi) is 7.95. The molecule has 0 saturated heterocycles. The summed E-state index contributed by atoms with van der Waals surface area (Å²) in [4.78, 5) is 12.0. The van der Waals surface area contributed by atoms with Gasteiger partial charge < -0.3 is 15.8 Å². The van der Waals surface area contributed by atoms with Gasteiger partial charge in [0.25, 0.3) is 5.91 Å². The first-order valence-corrected chi connectivity index (χ1v) is 8.29. The van der Waals surface area contributed by atoms with Crippen LogP contribution in [0.4, 0.5) is 5.69 Å². The highest BCUT2D eigenvalue weighted by Crippen LogP contribution is 2.24. The number of thioether (sulfide) groups is 1. The van der Waals surface area contributed by atoms with Crippen molar-refractivity contribution in [1.29, 1.82) is 0 Å². The molecule has 0 aromatic heterocycles. The fraction of sp³-hybridized carbons (Fsp3) is 0.533. The van der Waals surface area contributed by atoms with Crippen molar-refractivity contribution in [1.82, 2.24) is 5.32 Å². The molecule has 0 saturated carbocycles. The number of ether oxygens (including phenoxy) is 1. The number of nitrogens with one attached hydrogen (secondary N) is 1. The first-order chi connectivity index (χ1) is 9.70. The van der Waals surface area contributed by atoms with Crippen molar-refractivity contribution >= 4 is 23.4 Å². The molecule has 0 aliphatic carbocycles. The highest BCUT2D eigenvalue weighted by molar-refractivity contribution is 7.98. The minimum absolute atomic E-state index is 0.134. The van der Waals surface area contributed by atoms with Crippen LogP contribution >= 0.6 is 11.8 Å². The maximum atomic E-state index is 12.0. The second-order valence-electron chi connectivity index (χ2n) is 4.58. The monoisotopic (exact) mass is 296 g/mol. The van der Waals surface area contributed by atoms with Crippen molar-refractivity contribution in [2.75, 3.05) is 31.4 Å². The third kappa shape index (κ3) is 5.33. The van der Waals surface area contributed by atoms with Gasteiger partial charge in [-0.2, -0.15) is 11.8 Å². The standard InChI is InChI=1S/C15H24N2O2S/c1-19-13-9-7-8-12(14(13)16)15(18)17-10-5-3-4-6-11-20-2/h7-9H,3-6,10-11,16H2,1-2H3,(H,17,18). The van der Waals surface area contributed by atoms with E-state index in [1.807, 2.05) is 11.8 Å².